The first-order chi connectivity index (χ1) is 10.5. The van der Waals surface area contributed by atoms with Crippen LogP contribution in [0.15, 0.2) is 18.2 Å². The Morgan fingerprint density at radius 3 is 2.50 bits per heavy atom. The third-order valence-corrected chi connectivity index (χ3v) is 5.12. The molecule has 0 radical (unpaired) electrons. The molecule has 2 fully saturated rings. The second-order valence-corrected chi connectivity index (χ2v) is 7.09. The monoisotopic (exact) mass is 302 g/mol. The number of phenols is 1. The normalized spacial score (nSPS) is 28.1. The van der Waals surface area contributed by atoms with Crippen LogP contribution in [0.4, 0.5) is 0 Å². The number of nitrogens with zero attached hydrogens (tertiary/aromatic N) is 1. The summed E-state index contributed by atoms with van der Waals surface area (Å²) in [6, 6.07) is 7.14. The van der Waals surface area contributed by atoms with Crippen molar-refractivity contribution >= 4 is 5.91 Å². The van der Waals surface area contributed by atoms with Crippen LogP contribution >= 0.6 is 0 Å². The third-order valence-electron chi connectivity index (χ3n) is 5.12. The lowest BCUT2D eigenvalue weighted by molar-refractivity contribution is 0.0738. The van der Waals surface area contributed by atoms with Gasteiger partial charge in [0.2, 0.25) is 0 Å². The summed E-state index contributed by atoms with van der Waals surface area (Å²) in [5.74, 6) is -0.0886. The van der Waals surface area contributed by atoms with Crippen molar-refractivity contribution < 1.29 is 9.90 Å². The fourth-order valence-corrected chi connectivity index (χ4v) is 4.27. The topological polar surface area (TPSA) is 52.6 Å². The number of piperidine rings is 1. The summed E-state index contributed by atoms with van der Waals surface area (Å²) in [7, 11) is 0. The largest absolute Gasteiger partial charge is 0.507 e. The van der Waals surface area contributed by atoms with Gasteiger partial charge in [0, 0.05) is 24.2 Å². The molecule has 2 aliphatic rings. The van der Waals surface area contributed by atoms with Gasteiger partial charge in [-0.05, 0) is 58.6 Å². The van der Waals surface area contributed by atoms with E-state index < -0.39 is 0 Å². The average Bonchev–Trinajstić information content (AvgIpc) is 2.73. The molecular weight excluding hydrogens is 276 g/mol. The number of hydrogen-bond donors (Lipinski definition) is 2. The fourth-order valence-electron chi connectivity index (χ4n) is 4.27. The molecule has 2 bridgehead atoms. The van der Waals surface area contributed by atoms with Gasteiger partial charge in [-0.1, -0.05) is 11.6 Å². The van der Waals surface area contributed by atoms with Crippen LogP contribution in [-0.4, -0.2) is 40.1 Å². The van der Waals surface area contributed by atoms with Crippen LogP contribution in [0, 0.1) is 6.92 Å². The molecule has 3 atom stereocenters. The van der Waals surface area contributed by atoms with Crippen molar-refractivity contribution in [1.82, 2.24) is 10.2 Å². The van der Waals surface area contributed by atoms with E-state index in [4.69, 9.17) is 0 Å². The van der Waals surface area contributed by atoms with Gasteiger partial charge in [0.25, 0.3) is 5.91 Å². The number of aryl methyl sites for hydroxylation is 1. The van der Waals surface area contributed by atoms with E-state index in [2.05, 4.69) is 24.1 Å². The lowest BCUT2D eigenvalue weighted by Crippen LogP contribution is -2.52. The Hall–Kier alpha value is -1.55. The Labute approximate surface area is 132 Å². The van der Waals surface area contributed by atoms with Gasteiger partial charge in [-0.25, -0.2) is 0 Å². The molecule has 22 heavy (non-hydrogen) atoms. The van der Waals surface area contributed by atoms with Crippen LogP contribution in [0.1, 0.15) is 55.5 Å². The van der Waals surface area contributed by atoms with Gasteiger partial charge in [-0.2, -0.15) is 0 Å². The van der Waals surface area contributed by atoms with Crippen LogP contribution in [0.25, 0.3) is 0 Å². The summed E-state index contributed by atoms with van der Waals surface area (Å²) in [5, 5.41) is 13.0. The van der Waals surface area contributed by atoms with Crippen LogP contribution < -0.4 is 5.32 Å². The van der Waals surface area contributed by atoms with Gasteiger partial charge in [0.1, 0.15) is 5.75 Å². The zero-order valence-electron chi connectivity index (χ0n) is 13.7. The molecular formula is C18H26N2O2. The number of benzene rings is 1. The number of carbonyl (C=O) groups excluding carboxylic acids is 1. The predicted molar refractivity (Wildman–Crippen MR) is 87.1 cm³/mol. The van der Waals surface area contributed by atoms with Crippen molar-refractivity contribution in [1.29, 1.82) is 0 Å². The highest BCUT2D eigenvalue weighted by Crippen LogP contribution is 2.37. The highest BCUT2D eigenvalue weighted by atomic mass is 16.3. The van der Waals surface area contributed by atoms with Gasteiger partial charge >= 0.3 is 0 Å². The molecule has 1 aromatic rings. The van der Waals surface area contributed by atoms with Gasteiger partial charge in [0.05, 0.1) is 5.56 Å². The minimum absolute atomic E-state index is 0.0608. The van der Waals surface area contributed by atoms with E-state index in [1.165, 1.54) is 12.8 Å². The summed E-state index contributed by atoms with van der Waals surface area (Å²) in [6.45, 7) is 6.45. The third kappa shape index (κ3) is 2.84. The molecule has 4 heteroatoms. The fraction of sp³-hybridized carbons (Fsp3) is 0.611. The number of amides is 1. The van der Waals surface area contributed by atoms with Crippen molar-refractivity contribution in [3.05, 3.63) is 29.3 Å². The van der Waals surface area contributed by atoms with E-state index in [1.54, 1.807) is 12.1 Å². The zero-order chi connectivity index (χ0) is 15.9. The van der Waals surface area contributed by atoms with Crippen LogP contribution in [0.3, 0.4) is 0 Å². The number of phenolic OH excluding ortho intramolecular Hbond substituents is 1. The molecule has 120 valence electrons. The van der Waals surface area contributed by atoms with Crippen molar-refractivity contribution in [2.24, 2.45) is 0 Å². The Morgan fingerprint density at radius 2 is 1.91 bits per heavy atom. The van der Waals surface area contributed by atoms with E-state index in [9.17, 15) is 9.90 Å². The van der Waals surface area contributed by atoms with Crippen LogP contribution in [0.2, 0.25) is 0 Å². The molecule has 0 aliphatic carbocycles. The smallest absolute Gasteiger partial charge is 0.255 e. The maximum atomic E-state index is 12.5. The number of hydrogen-bond acceptors (Lipinski definition) is 3. The second-order valence-electron chi connectivity index (χ2n) is 7.09. The number of carbonyl (C=O) groups is 1. The number of aromatic hydroxyl groups is 1. The molecule has 2 aliphatic heterocycles. The Balaban J connectivity index is 1.68. The van der Waals surface area contributed by atoms with Crippen molar-refractivity contribution in [2.75, 3.05) is 0 Å². The molecule has 1 aromatic carbocycles. The molecule has 0 saturated carbocycles. The minimum Gasteiger partial charge on any atom is -0.507 e. The molecule has 1 unspecified atom stereocenters. The average molecular weight is 302 g/mol. The maximum absolute atomic E-state index is 12.5. The van der Waals surface area contributed by atoms with E-state index in [-0.39, 0.29) is 17.7 Å². The van der Waals surface area contributed by atoms with Gasteiger partial charge in [-0.3, -0.25) is 9.69 Å². The number of nitrogens with one attached hydrogen (secondary N) is 1. The van der Waals surface area contributed by atoms with E-state index in [0.29, 0.717) is 23.7 Å². The van der Waals surface area contributed by atoms with E-state index in [0.717, 1.165) is 18.4 Å². The summed E-state index contributed by atoms with van der Waals surface area (Å²) in [5.41, 5.74) is 1.37. The summed E-state index contributed by atoms with van der Waals surface area (Å²) in [6.07, 6.45) is 4.52. The molecule has 2 saturated heterocycles. The first-order valence-corrected chi connectivity index (χ1v) is 8.33. The standard InChI is InChI=1S/C18H26N2O2/c1-11(2)20-14-5-6-15(20)10-13(9-14)19-18(22)16-8-12(3)4-7-17(16)21/h4,7-8,11,13-15,21H,5-6,9-10H2,1-3H3,(H,19,22)/t13?,14-,15+. The molecule has 3 rings (SSSR count). The zero-order valence-corrected chi connectivity index (χ0v) is 13.7. The second kappa shape index (κ2) is 5.92. The van der Waals surface area contributed by atoms with Gasteiger partial charge in [0.15, 0.2) is 0 Å². The molecule has 4 nitrogen and oxygen atoms in total. The summed E-state index contributed by atoms with van der Waals surface area (Å²) >= 11 is 0. The summed E-state index contributed by atoms with van der Waals surface area (Å²) < 4.78 is 0. The predicted octanol–water partition coefficient (Wildman–Crippen LogP) is 2.83. The van der Waals surface area contributed by atoms with Gasteiger partial charge < -0.3 is 10.4 Å². The van der Waals surface area contributed by atoms with E-state index in [1.807, 2.05) is 13.0 Å². The lowest BCUT2D eigenvalue weighted by atomic mass is 9.95. The Bertz CT molecular complexity index is 556. The molecule has 2 heterocycles. The van der Waals surface area contributed by atoms with Gasteiger partial charge in [-0.15, -0.1) is 0 Å². The molecule has 0 spiro atoms. The Kier molecular flexibility index (Phi) is 4.13. The maximum Gasteiger partial charge on any atom is 0.255 e. The van der Waals surface area contributed by atoms with Crippen molar-refractivity contribution in [3.8, 4) is 5.75 Å². The SMILES string of the molecule is Cc1ccc(O)c(C(=O)NC2C[C@H]3CC[C@@H](C2)N3C(C)C)c1. The van der Waals surface area contributed by atoms with Crippen molar-refractivity contribution in [3.63, 3.8) is 0 Å². The Morgan fingerprint density at radius 1 is 1.27 bits per heavy atom. The first kappa shape index (κ1) is 15.3. The number of fused-ring (bicyclic) bond motifs is 2. The number of rotatable bonds is 3. The van der Waals surface area contributed by atoms with Crippen LogP contribution in [0.5, 0.6) is 5.75 Å². The van der Waals surface area contributed by atoms with Crippen LogP contribution in [-0.2, 0) is 0 Å². The van der Waals surface area contributed by atoms with Crippen molar-refractivity contribution in [2.45, 2.75) is 70.6 Å². The highest BCUT2D eigenvalue weighted by Gasteiger charge is 2.42. The molecule has 0 aromatic heterocycles. The minimum atomic E-state index is -0.149. The highest BCUT2D eigenvalue weighted by molar-refractivity contribution is 5.97. The first-order valence-electron chi connectivity index (χ1n) is 8.33. The quantitative estimate of drug-likeness (QED) is 0.903. The lowest BCUT2D eigenvalue weighted by Gasteiger charge is -2.41. The molecule has 2 N–H and O–H groups in total. The summed E-state index contributed by atoms with van der Waals surface area (Å²) in [4.78, 5) is 15.1. The van der Waals surface area contributed by atoms with E-state index >= 15 is 0 Å². The molecule has 1 amide bonds.